The first-order valence-corrected chi connectivity index (χ1v) is 7.16. The van der Waals surface area contributed by atoms with Gasteiger partial charge in [0.25, 0.3) is 5.91 Å². The van der Waals surface area contributed by atoms with Crippen LogP contribution in [0.15, 0.2) is 34.8 Å². The number of carbonyl (C=O) groups is 1. The minimum Gasteiger partial charge on any atom is -0.320 e. The molecule has 0 spiro atoms. The lowest BCUT2D eigenvalue weighted by Gasteiger charge is -2.10. The Hall–Kier alpha value is -1.10. The summed E-state index contributed by atoms with van der Waals surface area (Å²) < 4.78 is 14.5. The molecular formula is C14H9BrCl2FNO. The summed E-state index contributed by atoms with van der Waals surface area (Å²) in [5, 5.41) is 3.03. The van der Waals surface area contributed by atoms with Crippen molar-refractivity contribution in [1.82, 2.24) is 0 Å². The number of benzene rings is 2. The van der Waals surface area contributed by atoms with Crippen LogP contribution < -0.4 is 5.32 Å². The molecule has 0 aliphatic carbocycles. The molecule has 2 rings (SSSR count). The van der Waals surface area contributed by atoms with Gasteiger partial charge in [0, 0.05) is 4.47 Å². The van der Waals surface area contributed by atoms with Crippen LogP contribution in [-0.2, 0) is 0 Å². The predicted molar refractivity (Wildman–Crippen MR) is 83.3 cm³/mol. The van der Waals surface area contributed by atoms with Gasteiger partial charge in [-0.2, -0.15) is 0 Å². The van der Waals surface area contributed by atoms with Crippen molar-refractivity contribution in [2.45, 2.75) is 6.92 Å². The van der Waals surface area contributed by atoms with E-state index in [-0.39, 0.29) is 15.6 Å². The Morgan fingerprint density at radius 3 is 2.60 bits per heavy atom. The molecule has 0 saturated heterocycles. The average Bonchev–Trinajstić information content (AvgIpc) is 2.42. The molecule has 0 saturated carbocycles. The summed E-state index contributed by atoms with van der Waals surface area (Å²) >= 11 is 15.2. The van der Waals surface area contributed by atoms with Crippen molar-refractivity contribution in [2.75, 3.05) is 5.32 Å². The maximum absolute atomic E-state index is 13.9. The fourth-order valence-electron chi connectivity index (χ4n) is 1.63. The van der Waals surface area contributed by atoms with Crippen molar-refractivity contribution in [1.29, 1.82) is 0 Å². The summed E-state index contributed by atoms with van der Waals surface area (Å²) in [5.41, 5.74) is 0.684. The maximum Gasteiger partial charge on any atom is 0.258 e. The second-order valence-corrected chi connectivity index (χ2v) is 5.72. The Balaban J connectivity index is 2.33. The smallest absolute Gasteiger partial charge is 0.258 e. The van der Waals surface area contributed by atoms with Gasteiger partial charge in [-0.15, -0.1) is 0 Å². The number of hydrogen-bond donors (Lipinski definition) is 1. The molecule has 0 fully saturated rings. The van der Waals surface area contributed by atoms with E-state index in [1.54, 1.807) is 31.2 Å². The first-order chi connectivity index (χ1) is 9.41. The lowest BCUT2D eigenvalue weighted by atomic mass is 10.1. The molecule has 20 heavy (non-hydrogen) atoms. The monoisotopic (exact) mass is 375 g/mol. The number of nitrogens with one attached hydrogen (secondary N) is 1. The minimum absolute atomic E-state index is 0.0416. The van der Waals surface area contributed by atoms with Crippen LogP contribution in [0.5, 0.6) is 0 Å². The highest BCUT2D eigenvalue weighted by molar-refractivity contribution is 9.10. The molecule has 0 aliphatic heterocycles. The first kappa shape index (κ1) is 15.3. The molecule has 0 atom stereocenters. The van der Waals surface area contributed by atoms with Crippen LogP contribution in [0.3, 0.4) is 0 Å². The zero-order valence-electron chi connectivity index (χ0n) is 10.3. The van der Waals surface area contributed by atoms with Crippen LogP contribution in [0, 0.1) is 12.7 Å². The third-order valence-electron chi connectivity index (χ3n) is 2.72. The number of carbonyl (C=O) groups excluding carboxylic acids is 1. The van der Waals surface area contributed by atoms with Crippen LogP contribution in [0.25, 0.3) is 0 Å². The minimum atomic E-state index is -0.577. The van der Waals surface area contributed by atoms with Gasteiger partial charge in [0.05, 0.1) is 21.3 Å². The third kappa shape index (κ3) is 2.97. The number of rotatable bonds is 2. The predicted octanol–water partition coefficient (Wildman–Crippen LogP) is 5.46. The van der Waals surface area contributed by atoms with E-state index < -0.39 is 11.7 Å². The molecule has 0 unspecified atom stereocenters. The highest BCUT2D eigenvalue weighted by Gasteiger charge is 2.16. The first-order valence-electron chi connectivity index (χ1n) is 5.61. The van der Waals surface area contributed by atoms with Gasteiger partial charge in [0.2, 0.25) is 0 Å². The van der Waals surface area contributed by atoms with E-state index in [1.165, 1.54) is 6.07 Å². The largest absolute Gasteiger partial charge is 0.320 e. The highest BCUT2D eigenvalue weighted by Crippen LogP contribution is 2.36. The van der Waals surface area contributed by atoms with Crippen molar-refractivity contribution < 1.29 is 9.18 Å². The summed E-state index contributed by atoms with van der Waals surface area (Å²) in [6.45, 7) is 1.59. The zero-order valence-corrected chi connectivity index (χ0v) is 13.4. The summed E-state index contributed by atoms with van der Waals surface area (Å²) in [7, 11) is 0. The molecule has 0 aliphatic rings. The van der Waals surface area contributed by atoms with E-state index in [4.69, 9.17) is 23.2 Å². The van der Waals surface area contributed by atoms with Gasteiger partial charge < -0.3 is 5.32 Å². The number of hydrogen-bond acceptors (Lipinski definition) is 1. The summed E-state index contributed by atoms with van der Waals surface area (Å²) in [4.78, 5) is 12.1. The lowest BCUT2D eigenvalue weighted by Crippen LogP contribution is -2.14. The fraction of sp³-hybridized carbons (Fsp3) is 0.0714. The molecular weight excluding hydrogens is 368 g/mol. The van der Waals surface area contributed by atoms with E-state index in [9.17, 15) is 9.18 Å². The topological polar surface area (TPSA) is 29.1 Å². The molecule has 0 radical (unpaired) electrons. The molecule has 2 nitrogen and oxygen atoms in total. The van der Waals surface area contributed by atoms with Gasteiger partial charge in [-0.3, -0.25) is 4.79 Å². The van der Waals surface area contributed by atoms with Gasteiger partial charge in [0.1, 0.15) is 5.82 Å². The molecule has 2 aromatic carbocycles. The number of aryl methyl sites for hydroxylation is 1. The van der Waals surface area contributed by atoms with E-state index in [2.05, 4.69) is 21.2 Å². The average molecular weight is 377 g/mol. The van der Waals surface area contributed by atoms with Crippen molar-refractivity contribution in [3.8, 4) is 0 Å². The second-order valence-electron chi connectivity index (χ2n) is 4.11. The van der Waals surface area contributed by atoms with Crippen molar-refractivity contribution in [2.24, 2.45) is 0 Å². The SMILES string of the molecule is Cc1cccc(C(=O)Nc2ccc(Br)c(Cl)c2Cl)c1F. The Morgan fingerprint density at radius 1 is 1.20 bits per heavy atom. The van der Waals surface area contributed by atoms with Crippen molar-refractivity contribution >= 4 is 50.7 Å². The van der Waals surface area contributed by atoms with Gasteiger partial charge in [-0.1, -0.05) is 35.3 Å². The molecule has 6 heteroatoms. The highest BCUT2D eigenvalue weighted by atomic mass is 79.9. The van der Waals surface area contributed by atoms with Crippen LogP contribution in [0.1, 0.15) is 15.9 Å². The second kappa shape index (κ2) is 6.12. The lowest BCUT2D eigenvalue weighted by molar-refractivity contribution is 0.102. The maximum atomic E-state index is 13.9. The summed E-state index contributed by atoms with van der Waals surface area (Å²) in [6.07, 6.45) is 0. The van der Waals surface area contributed by atoms with Crippen LogP contribution >= 0.6 is 39.1 Å². The van der Waals surface area contributed by atoms with Crippen LogP contribution in [-0.4, -0.2) is 5.91 Å². The number of amides is 1. The third-order valence-corrected chi connectivity index (χ3v) is 4.49. The molecule has 2 aromatic rings. The molecule has 1 N–H and O–H groups in total. The zero-order chi connectivity index (χ0) is 14.9. The van der Waals surface area contributed by atoms with Crippen molar-refractivity contribution in [3.05, 3.63) is 61.8 Å². The standard InChI is InChI=1S/C14H9BrCl2FNO/c1-7-3-2-4-8(13(7)18)14(20)19-10-6-5-9(15)11(16)12(10)17/h2-6H,1H3,(H,19,20). The van der Waals surface area contributed by atoms with Crippen LogP contribution in [0.4, 0.5) is 10.1 Å². The van der Waals surface area contributed by atoms with Gasteiger partial charge in [0.15, 0.2) is 0 Å². The van der Waals surface area contributed by atoms with E-state index >= 15 is 0 Å². The quantitative estimate of drug-likeness (QED) is 0.693. The van der Waals surface area contributed by atoms with Crippen LogP contribution in [0.2, 0.25) is 10.0 Å². The molecule has 1 amide bonds. The Bertz CT molecular complexity index is 691. The Labute approximate surface area is 134 Å². The number of halogens is 4. The Kier molecular flexibility index (Phi) is 4.68. The molecule has 0 bridgehead atoms. The number of anilines is 1. The van der Waals surface area contributed by atoms with Gasteiger partial charge in [-0.05, 0) is 46.6 Å². The van der Waals surface area contributed by atoms with E-state index in [1.807, 2.05) is 0 Å². The van der Waals surface area contributed by atoms with E-state index in [0.717, 1.165) is 0 Å². The summed E-state index contributed by atoms with van der Waals surface area (Å²) in [6, 6.07) is 7.85. The molecule has 0 aromatic heterocycles. The molecule has 104 valence electrons. The normalized spacial score (nSPS) is 10.4. The summed E-state index contributed by atoms with van der Waals surface area (Å²) in [5.74, 6) is -1.13. The van der Waals surface area contributed by atoms with E-state index in [0.29, 0.717) is 15.7 Å². The van der Waals surface area contributed by atoms with Gasteiger partial charge >= 0.3 is 0 Å². The fourth-order valence-corrected chi connectivity index (χ4v) is 2.46. The van der Waals surface area contributed by atoms with Crippen molar-refractivity contribution in [3.63, 3.8) is 0 Å². The Morgan fingerprint density at radius 2 is 1.90 bits per heavy atom. The van der Waals surface area contributed by atoms with Gasteiger partial charge in [-0.25, -0.2) is 4.39 Å². The molecule has 0 heterocycles.